The van der Waals surface area contributed by atoms with Crippen molar-refractivity contribution < 1.29 is 38.4 Å². The molecular formula is C42H36N2O8S8. The molecule has 0 atom stereocenters. The average molecular weight is 953 g/mol. The number of fused-ring (bicyclic) bond motifs is 7. The summed E-state index contributed by atoms with van der Waals surface area (Å²) < 4.78 is 25.6. The standard InChI is InChI=1S/C42H36N2O8S8/c1-48-36(45)31-21-54-41(58-31)42-56-23-33(60-42)38(47)51-18-8-12-28-26-10-4-6-14-30(26)44-16-15-43-29-13-5-3-9-25(29)27(34(43)35(28)44)11-7-17-50-37(46)32-22-55-40(59-32)39-53-20-24(57-39)19-52-49-2/h3-6,9-10,13-14,20-23H,7-8,11-12,15-19H2,1-2H3/b40-39-,42-41-. The summed E-state index contributed by atoms with van der Waals surface area (Å²) in [4.78, 5) is 50.9. The van der Waals surface area contributed by atoms with Crippen molar-refractivity contribution in [2.75, 3.05) is 34.0 Å². The minimum atomic E-state index is -0.360. The van der Waals surface area contributed by atoms with Gasteiger partial charge in [-0.05, 0) is 70.6 Å². The molecule has 0 saturated carbocycles. The number of nitrogens with zero attached hydrogens (tertiary/aromatic N) is 2. The third kappa shape index (κ3) is 8.70. The number of ether oxygens (including phenoxy) is 3. The Hall–Kier alpha value is -2.91. The van der Waals surface area contributed by atoms with Crippen LogP contribution in [0.25, 0.3) is 33.2 Å². The maximum atomic E-state index is 13.2. The number of carbonyl (C=O) groups excluding carboxylic acids is 3. The molecule has 2 aromatic carbocycles. The fourth-order valence-corrected chi connectivity index (χ4v) is 16.7. The fourth-order valence-electron chi connectivity index (χ4n) is 7.39. The lowest BCUT2D eigenvalue weighted by Gasteiger charge is -2.23. The highest BCUT2D eigenvalue weighted by Gasteiger charge is 2.31. The number of carbonyl (C=O) groups is 3. The van der Waals surface area contributed by atoms with Gasteiger partial charge in [-0.25, -0.2) is 24.2 Å². The van der Waals surface area contributed by atoms with Gasteiger partial charge in [-0.2, -0.15) is 0 Å². The Morgan fingerprint density at radius 3 is 1.52 bits per heavy atom. The molecule has 0 unspecified atom stereocenters. The van der Waals surface area contributed by atoms with E-state index in [-0.39, 0.29) is 24.5 Å². The highest BCUT2D eigenvalue weighted by Crippen LogP contribution is 2.57. The molecule has 0 fully saturated rings. The number of para-hydroxylation sites is 2. The Bertz CT molecular complexity index is 2620. The van der Waals surface area contributed by atoms with Gasteiger partial charge in [0.15, 0.2) is 0 Å². The maximum Gasteiger partial charge on any atom is 0.345 e. The summed E-state index contributed by atoms with van der Waals surface area (Å²) >= 11 is 12.0. The van der Waals surface area contributed by atoms with E-state index in [9.17, 15) is 14.4 Å². The average Bonchev–Trinajstić information content (AvgIpc) is 4.14. The molecule has 0 saturated heterocycles. The van der Waals surface area contributed by atoms with Crippen molar-refractivity contribution in [3.8, 4) is 11.4 Å². The van der Waals surface area contributed by atoms with Crippen LogP contribution in [0.15, 0.2) is 107 Å². The van der Waals surface area contributed by atoms with Crippen LogP contribution in [0.4, 0.5) is 0 Å². The van der Waals surface area contributed by atoms with Crippen molar-refractivity contribution in [1.82, 2.24) is 9.13 Å². The van der Waals surface area contributed by atoms with Crippen molar-refractivity contribution in [2.45, 2.75) is 38.8 Å². The largest absolute Gasteiger partial charge is 0.465 e. The van der Waals surface area contributed by atoms with Gasteiger partial charge in [0, 0.05) is 39.8 Å². The first-order valence-corrected chi connectivity index (χ1v) is 25.6. The highest BCUT2D eigenvalue weighted by atomic mass is 32.2. The Morgan fingerprint density at radius 1 is 0.583 bits per heavy atom. The van der Waals surface area contributed by atoms with Gasteiger partial charge in [-0.3, -0.25) is 0 Å². The second-order valence-corrected chi connectivity index (χ2v) is 22.3. The quantitative estimate of drug-likeness (QED) is 0.0393. The summed E-state index contributed by atoms with van der Waals surface area (Å²) in [5.74, 6) is -0.993. The zero-order valence-electron chi connectivity index (χ0n) is 32.2. The van der Waals surface area contributed by atoms with Gasteiger partial charge >= 0.3 is 17.9 Å². The number of hydrogen-bond donors (Lipinski definition) is 0. The third-order valence-electron chi connectivity index (χ3n) is 9.92. The van der Waals surface area contributed by atoms with Gasteiger partial charge in [-0.15, -0.1) is 0 Å². The van der Waals surface area contributed by atoms with E-state index in [0.29, 0.717) is 40.8 Å². The number of benzene rings is 2. The predicted molar refractivity (Wildman–Crippen MR) is 254 cm³/mol. The lowest BCUT2D eigenvalue weighted by molar-refractivity contribution is -0.263. The van der Waals surface area contributed by atoms with E-state index in [1.807, 2.05) is 10.8 Å². The minimum absolute atomic E-state index is 0.287. The zero-order valence-corrected chi connectivity index (χ0v) is 38.8. The summed E-state index contributed by atoms with van der Waals surface area (Å²) in [6.07, 6.45) is 2.83. The number of thioether (sulfide) groups is 8. The van der Waals surface area contributed by atoms with Gasteiger partial charge in [0.05, 0.1) is 55.8 Å². The number of methoxy groups -OCH3 is 1. The van der Waals surface area contributed by atoms with Crippen molar-refractivity contribution in [3.05, 3.63) is 118 Å². The van der Waals surface area contributed by atoms with E-state index < -0.39 is 0 Å². The van der Waals surface area contributed by atoms with Crippen LogP contribution in [0.2, 0.25) is 0 Å². The molecule has 310 valence electrons. The van der Waals surface area contributed by atoms with Gasteiger partial charge in [0.2, 0.25) is 0 Å². The molecule has 0 N–H and O–H groups in total. The fraction of sp³-hybridized carbons (Fsp3) is 0.262. The summed E-state index contributed by atoms with van der Waals surface area (Å²) in [6, 6.07) is 17.2. The van der Waals surface area contributed by atoms with Crippen molar-refractivity contribution in [3.63, 3.8) is 0 Å². The molecule has 5 aliphatic heterocycles. The summed E-state index contributed by atoms with van der Waals surface area (Å²) in [5, 5.41) is 9.98. The molecule has 2 aromatic heterocycles. The predicted octanol–water partition coefficient (Wildman–Crippen LogP) is 11.5. The lowest BCUT2D eigenvalue weighted by atomic mass is 9.99. The van der Waals surface area contributed by atoms with Crippen LogP contribution < -0.4 is 0 Å². The van der Waals surface area contributed by atoms with Crippen molar-refractivity contribution in [2.24, 2.45) is 0 Å². The van der Waals surface area contributed by atoms with E-state index in [4.69, 9.17) is 24.0 Å². The van der Waals surface area contributed by atoms with Gasteiger partial charge < -0.3 is 23.3 Å². The molecule has 9 rings (SSSR count). The van der Waals surface area contributed by atoms with Gasteiger partial charge in [0.25, 0.3) is 0 Å². The molecular weight excluding hydrogens is 917 g/mol. The Kier molecular flexibility index (Phi) is 13.6. The maximum absolute atomic E-state index is 13.2. The molecule has 0 radical (unpaired) electrons. The van der Waals surface area contributed by atoms with Crippen LogP contribution in [0.5, 0.6) is 0 Å². The van der Waals surface area contributed by atoms with Crippen molar-refractivity contribution in [1.29, 1.82) is 0 Å². The summed E-state index contributed by atoms with van der Waals surface area (Å²) in [5.41, 5.74) is 7.34. The van der Waals surface area contributed by atoms with Crippen LogP contribution in [0.3, 0.4) is 0 Å². The Labute approximate surface area is 380 Å². The summed E-state index contributed by atoms with van der Waals surface area (Å²) in [7, 11) is 2.87. The van der Waals surface area contributed by atoms with Gasteiger partial charge in [0.1, 0.15) is 21.3 Å². The molecule has 10 nitrogen and oxygen atoms in total. The first-order chi connectivity index (χ1) is 29.4. The van der Waals surface area contributed by atoms with E-state index >= 15 is 0 Å². The van der Waals surface area contributed by atoms with Crippen LogP contribution in [0.1, 0.15) is 24.0 Å². The second kappa shape index (κ2) is 19.2. The SMILES string of the molecule is COOCC1=CS/C(=C2\SC=C(C(=O)OCCCc3c4n(c5ccccc35)CCn3c-4c(CCCOC(=O)C4=CS/C(=C5\SC=C(C(=O)OC)S5)S4)c4ccccc43)S2)S1. The van der Waals surface area contributed by atoms with Crippen LogP contribution in [-0.4, -0.2) is 61.1 Å². The Morgan fingerprint density at radius 2 is 1.03 bits per heavy atom. The van der Waals surface area contributed by atoms with E-state index in [1.165, 1.54) is 117 Å². The molecule has 60 heavy (non-hydrogen) atoms. The third-order valence-corrected chi connectivity index (χ3v) is 20.4. The Balaban J connectivity index is 0.863. The normalized spacial score (nSPS) is 19.6. The smallest absolute Gasteiger partial charge is 0.345 e. The second-order valence-electron chi connectivity index (χ2n) is 13.5. The van der Waals surface area contributed by atoms with E-state index in [0.717, 1.165) is 47.8 Å². The molecule has 0 spiro atoms. The first-order valence-electron chi connectivity index (χ1n) is 18.9. The minimum Gasteiger partial charge on any atom is -0.465 e. The number of rotatable bonds is 14. The van der Waals surface area contributed by atoms with E-state index in [2.05, 4.69) is 63.1 Å². The van der Waals surface area contributed by atoms with Crippen LogP contribution in [0, 0.1) is 0 Å². The molecule has 18 heteroatoms. The molecule has 5 aliphatic rings. The van der Waals surface area contributed by atoms with E-state index in [1.54, 1.807) is 40.7 Å². The lowest BCUT2D eigenvalue weighted by Crippen LogP contribution is -2.17. The number of hydrogen-bond acceptors (Lipinski definition) is 16. The van der Waals surface area contributed by atoms with Crippen LogP contribution >= 0.6 is 94.1 Å². The molecule has 0 bridgehead atoms. The van der Waals surface area contributed by atoms with Crippen molar-refractivity contribution >= 4 is 134 Å². The molecule has 4 aromatic rings. The first kappa shape index (κ1) is 42.4. The zero-order chi connectivity index (χ0) is 41.2. The van der Waals surface area contributed by atoms with Gasteiger partial charge in [-0.1, -0.05) is 130 Å². The molecule has 0 amide bonds. The molecule has 7 heterocycles. The monoisotopic (exact) mass is 952 g/mol. The summed E-state index contributed by atoms with van der Waals surface area (Å²) in [6.45, 7) is 2.69. The molecule has 0 aliphatic carbocycles. The highest BCUT2D eigenvalue weighted by molar-refractivity contribution is 8.34. The topological polar surface area (TPSA) is 107 Å². The number of esters is 3. The van der Waals surface area contributed by atoms with Crippen LogP contribution in [-0.2, 0) is 64.3 Å². The number of aryl methyl sites for hydroxylation is 4. The number of aromatic nitrogens is 2.